The van der Waals surface area contributed by atoms with Gasteiger partial charge >= 0.3 is 0 Å². The monoisotopic (exact) mass is 577 g/mol. The molecule has 0 saturated carbocycles. The fraction of sp³-hybridized carbons (Fsp3) is 0.0233. The van der Waals surface area contributed by atoms with E-state index in [0.29, 0.717) is 0 Å². The molecule has 0 aliphatic heterocycles. The summed E-state index contributed by atoms with van der Waals surface area (Å²) in [5.41, 5.74) is 11.9. The number of hydrogen-bond donors (Lipinski definition) is 0. The second-order valence-corrected chi connectivity index (χ2v) is 11.5. The molecular weight excluding hydrogens is 546 g/mol. The van der Waals surface area contributed by atoms with Gasteiger partial charge < -0.3 is 8.98 Å². The van der Waals surface area contributed by atoms with Crippen LogP contribution in [0.3, 0.4) is 0 Å². The van der Waals surface area contributed by atoms with Crippen LogP contribution in [-0.4, -0.2) is 4.57 Å². The third kappa shape index (κ3) is 4.77. The Kier molecular flexibility index (Phi) is 6.54. The minimum atomic E-state index is 0.890. The molecule has 0 radical (unpaired) electrons. The molecule has 0 bridgehead atoms. The van der Waals surface area contributed by atoms with E-state index in [4.69, 9.17) is 4.42 Å². The van der Waals surface area contributed by atoms with Gasteiger partial charge in [0.05, 0.1) is 11.0 Å². The first-order valence-electron chi connectivity index (χ1n) is 15.3. The van der Waals surface area contributed by atoms with Gasteiger partial charge in [-0.25, -0.2) is 0 Å². The summed E-state index contributed by atoms with van der Waals surface area (Å²) >= 11 is 0. The van der Waals surface area contributed by atoms with Gasteiger partial charge in [0.25, 0.3) is 0 Å². The molecule has 2 heteroatoms. The zero-order valence-corrected chi connectivity index (χ0v) is 25.1. The maximum atomic E-state index is 6.14. The molecule has 0 saturated heterocycles. The maximum absolute atomic E-state index is 6.14. The van der Waals surface area contributed by atoms with Crippen molar-refractivity contribution in [3.05, 3.63) is 181 Å². The standard InChI is InChI=1S/C43H31NO/c1-29(31-13-4-3-5-14-31)25-34(33-23-24-43-39(28-33)38-19-8-11-22-42(38)45-43)26-30(2)32-15-12-16-35(27-32)44-40-20-9-6-17-36(40)37-18-7-10-21-41(37)44/h3-28H,2H2,1H3/b29-25+,34-26+. The summed E-state index contributed by atoms with van der Waals surface area (Å²) in [7, 11) is 0. The summed E-state index contributed by atoms with van der Waals surface area (Å²) in [6.45, 7) is 6.75. The molecule has 8 rings (SSSR count). The molecule has 6 aromatic carbocycles. The average molecular weight is 578 g/mol. The van der Waals surface area contributed by atoms with Gasteiger partial charge in [-0.3, -0.25) is 0 Å². The summed E-state index contributed by atoms with van der Waals surface area (Å²) in [5, 5.41) is 4.74. The second-order valence-electron chi connectivity index (χ2n) is 11.5. The second kappa shape index (κ2) is 11.0. The number of fused-ring (bicyclic) bond motifs is 6. The molecular formula is C43H31NO. The lowest BCUT2D eigenvalue weighted by atomic mass is 9.95. The lowest BCUT2D eigenvalue weighted by Crippen LogP contribution is -1.95. The molecule has 2 nitrogen and oxygen atoms in total. The number of nitrogens with zero attached hydrogens (tertiary/aromatic N) is 1. The summed E-state index contributed by atoms with van der Waals surface area (Å²) in [5.74, 6) is 0. The third-order valence-electron chi connectivity index (χ3n) is 8.70. The Morgan fingerprint density at radius 3 is 1.91 bits per heavy atom. The molecule has 0 aliphatic rings. The highest BCUT2D eigenvalue weighted by Gasteiger charge is 2.13. The Balaban J connectivity index is 1.26. The minimum absolute atomic E-state index is 0.890. The Morgan fingerprint density at radius 1 is 0.533 bits per heavy atom. The molecule has 0 unspecified atom stereocenters. The van der Waals surface area contributed by atoms with Crippen molar-refractivity contribution in [2.75, 3.05) is 0 Å². The lowest BCUT2D eigenvalue weighted by Gasteiger charge is -2.12. The van der Waals surface area contributed by atoms with E-state index in [1.807, 2.05) is 12.1 Å². The number of furan rings is 1. The van der Waals surface area contributed by atoms with Crippen LogP contribution in [-0.2, 0) is 0 Å². The van der Waals surface area contributed by atoms with Crippen LogP contribution < -0.4 is 0 Å². The highest BCUT2D eigenvalue weighted by Crippen LogP contribution is 2.35. The van der Waals surface area contributed by atoms with Gasteiger partial charge in [0.1, 0.15) is 11.2 Å². The van der Waals surface area contributed by atoms with Crippen molar-refractivity contribution in [3.63, 3.8) is 0 Å². The van der Waals surface area contributed by atoms with Crippen molar-refractivity contribution in [1.29, 1.82) is 0 Å². The van der Waals surface area contributed by atoms with Crippen LogP contribution in [0, 0.1) is 0 Å². The SMILES string of the molecule is C=C(/C=C(\C=C(/C)c1ccccc1)c1ccc2oc3ccccc3c2c1)c1cccc(-n2c3ccccc3c3ccccc32)c1. The Morgan fingerprint density at radius 2 is 1.16 bits per heavy atom. The van der Waals surface area contributed by atoms with Crippen molar-refractivity contribution < 1.29 is 4.42 Å². The number of hydrogen-bond acceptors (Lipinski definition) is 1. The van der Waals surface area contributed by atoms with Crippen molar-refractivity contribution in [2.45, 2.75) is 6.92 Å². The zero-order valence-electron chi connectivity index (χ0n) is 25.1. The fourth-order valence-corrected chi connectivity index (χ4v) is 6.45. The number of rotatable bonds is 6. The molecule has 214 valence electrons. The normalized spacial score (nSPS) is 12.5. The number of benzene rings is 6. The molecule has 0 aliphatic carbocycles. The molecule has 0 fully saturated rings. The van der Waals surface area contributed by atoms with Gasteiger partial charge in [0.15, 0.2) is 0 Å². The summed E-state index contributed by atoms with van der Waals surface area (Å²) < 4.78 is 8.49. The van der Waals surface area contributed by atoms with Crippen molar-refractivity contribution in [3.8, 4) is 5.69 Å². The first-order valence-corrected chi connectivity index (χ1v) is 15.3. The van der Waals surface area contributed by atoms with Crippen molar-refractivity contribution in [1.82, 2.24) is 4.57 Å². The number of para-hydroxylation sites is 3. The van der Waals surface area contributed by atoms with E-state index in [1.54, 1.807) is 0 Å². The largest absolute Gasteiger partial charge is 0.456 e. The molecule has 0 atom stereocenters. The molecule has 45 heavy (non-hydrogen) atoms. The Labute approximate surface area is 262 Å². The van der Waals surface area contributed by atoms with E-state index in [2.05, 4.69) is 164 Å². The van der Waals surface area contributed by atoms with Crippen LogP contribution in [0.2, 0.25) is 0 Å². The predicted molar refractivity (Wildman–Crippen MR) is 192 cm³/mol. The predicted octanol–water partition coefficient (Wildman–Crippen LogP) is 11.9. The van der Waals surface area contributed by atoms with Gasteiger partial charge in [-0.15, -0.1) is 0 Å². The van der Waals surface area contributed by atoms with Crippen molar-refractivity contribution in [2.24, 2.45) is 0 Å². The highest BCUT2D eigenvalue weighted by molar-refractivity contribution is 6.09. The number of aromatic nitrogens is 1. The molecule has 8 aromatic rings. The molecule has 0 N–H and O–H groups in total. The summed E-state index contributed by atoms with van der Waals surface area (Å²) in [6, 6.07) is 51.1. The molecule has 2 aromatic heterocycles. The van der Waals surface area contributed by atoms with Crippen LogP contribution in [0.25, 0.3) is 66.2 Å². The Hall–Kier alpha value is -5.86. The minimum Gasteiger partial charge on any atom is -0.456 e. The van der Waals surface area contributed by atoms with E-state index in [0.717, 1.165) is 49.9 Å². The zero-order chi connectivity index (χ0) is 30.3. The van der Waals surface area contributed by atoms with Gasteiger partial charge in [-0.2, -0.15) is 0 Å². The summed E-state index contributed by atoms with van der Waals surface area (Å²) in [4.78, 5) is 0. The van der Waals surface area contributed by atoms with Crippen molar-refractivity contribution >= 4 is 60.5 Å². The molecule has 2 heterocycles. The van der Waals surface area contributed by atoms with Crippen LogP contribution in [0.5, 0.6) is 0 Å². The fourth-order valence-electron chi connectivity index (χ4n) is 6.45. The van der Waals surface area contributed by atoms with E-state index in [1.165, 1.54) is 32.9 Å². The van der Waals surface area contributed by atoms with E-state index in [-0.39, 0.29) is 0 Å². The highest BCUT2D eigenvalue weighted by atomic mass is 16.3. The van der Waals surface area contributed by atoms with Gasteiger partial charge in [0, 0.05) is 27.2 Å². The number of allylic oxidation sites excluding steroid dienone is 5. The molecule has 0 amide bonds. The van der Waals surface area contributed by atoms with Gasteiger partial charge in [-0.1, -0.05) is 116 Å². The first-order chi connectivity index (χ1) is 22.1. The third-order valence-corrected chi connectivity index (χ3v) is 8.70. The van der Waals surface area contributed by atoms with Crippen LogP contribution in [0.15, 0.2) is 169 Å². The smallest absolute Gasteiger partial charge is 0.135 e. The topological polar surface area (TPSA) is 18.1 Å². The van der Waals surface area contributed by atoms with Crippen LogP contribution >= 0.6 is 0 Å². The maximum Gasteiger partial charge on any atom is 0.135 e. The Bertz CT molecular complexity index is 2400. The van der Waals surface area contributed by atoms with E-state index < -0.39 is 0 Å². The van der Waals surface area contributed by atoms with Gasteiger partial charge in [-0.05, 0) is 88.9 Å². The van der Waals surface area contributed by atoms with E-state index in [9.17, 15) is 0 Å². The summed E-state index contributed by atoms with van der Waals surface area (Å²) in [6.07, 6.45) is 4.47. The average Bonchev–Trinajstić information content (AvgIpc) is 3.64. The quantitative estimate of drug-likeness (QED) is 0.180. The first kappa shape index (κ1) is 26.7. The lowest BCUT2D eigenvalue weighted by molar-refractivity contribution is 0.669. The van der Waals surface area contributed by atoms with Crippen LogP contribution in [0.1, 0.15) is 23.6 Å². The van der Waals surface area contributed by atoms with Gasteiger partial charge in [0.2, 0.25) is 0 Å². The van der Waals surface area contributed by atoms with Crippen LogP contribution in [0.4, 0.5) is 0 Å². The molecule has 0 spiro atoms. The van der Waals surface area contributed by atoms with E-state index >= 15 is 0 Å².